The van der Waals surface area contributed by atoms with E-state index in [4.69, 9.17) is 14.2 Å². The van der Waals surface area contributed by atoms with Gasteiger partial charge in [0.2, 0.25) is 5.75 Å². The molecule has 1 aromatic carbocycles. The molecule has 0 saturated heterocycles. The third kappa shape index (κ3) is 3.25. The van der Waals surface area contributed by atoms with Crippen molar-refractivity contribution in [2.24, 2.45) is 0 Å². The van der Waals surface area contributed by atoms with Gasteiger partial charge < -0.3 is 19.5 Å². The molecule has 0 aliphatic heterocycles. The maximum Gasteiger partial charge on any atom is 0.271 e. The van der Waals surface area contributed by atoms with Gasteiger partial charge in [-0.25, -0.2) is 4.68 Å². The Morgan fingerprint density at radius 1 is 1.24 bits per heavy atom. The summed E-state index contributed by atoms with van der Waals surface area (Å²) < 4.78 is 17.7. The first-order valence-corrected chi connectivity index (χ1v) is 6.29. The molecule has 1 heterocycles. The first-order chi connectivity index (χ1) is 10.2. The molecule has 0 atom stereocenters. The topological polar surface area (TPSA) is 74.6 Å². The van der Waals surface area contributed by atoms with Crippen molar-refractivity contribution in [2.45, 2.75) is 6.73 Å². The highest BCUT2D eigenvalue weighted by Crippen LogP contribution is 2.36. The second-order valence-electron chi connectivity index (χ2n) is 4.08. The van der Waals surface area contributed by atoms with Gasteiger partial charge in [0.25, 0.3) is 5.91 Å². The summed E-state index contributed by atoms with van der Waals surface area (Å²) in [5.74, 6) is 1.36. The van der Waals surface area contributed by atoms with Gasteiger partial charge in [0, 0.05) is 13.2 Å². The van der Waals surface area contributed by atoms with Crippen LogP contribution in [0.3, 0.4) is 0 Å². The summed E-state index contributed by atoms with van der Waals surface area (Å²) in [4.78, 5) is 11.4. The lowest BCUT2D eigenvalue weighted by Crippen LogP contribution is -2.19. The Morgan fingerprint density at radius 3 is 2.48 bits per heavy atom. The molecule has 1 amide bonds. The minimum Gasteiger partial charge on any atom is -0.493 e. The molecule has 7 nitrogen and oxygen atoms in total. The SMILES string of the molecule is CNC(=O)c1ccn(COc2c(OC)cccc2OC)n1. The van der Waals surface area contributed by atoms with E-state index in [1.807, 2.05) is 6.07 Å². The predicted octanol–water partition coefficient (Wildman–Crippen LogP) is 1.30. The summed E-state index contributed by atoms with van der Waals surface area (Å²) in [5.41, 5.74) is 0.327. The molecule has 0 aliphatic carbocycles. The molecule has 0 aliphatic rings. The summed E-state index contributed by atoms with van der Waals surface area (Å²) in [6.07, 6.45) is 1.66. The fourth-order valence-electron chi connectivity index (χ4n) is 1.77. The lowest BCUT2D eigenvalue weighted by atomic mass is 10.3. The number of methoxy groups -OCH3 is 2. The fraction of sp³-hybridized carbons (Fsp3) is 0.286. The summed E-state index contributed by atoms with van der Waals surface area (Å²) in [5, 5.41) is 6.61. The number of ether oxygens (including phenoxy) is 3. The largest absolute Gasteiger partial charge is 0.493 e. The van der Waals surface area contributed by atoms with Crippen LogP contribution in [0.5, 0.6) is 17.2 Å². The van der Waals surface area contributed by atoms with E-state index in [1.165, 1.54) is 4.68 Å². The zero-order valence-electron chi connectivity index (χ0n) is 12.1. The summed E-state index contributed by atoms with van der Waals surface area (Å²) in [6, 6.07) is 6.97. The second-order valence-corrected chi connectivity index (χ2v) is 4.08. The van der Waals surface area contributed by atoms with E-state index < -0.39 is 0 Å². The van der Waals surface area contributed by atoms with Crippen LogP contribution in [-0.4, -0.2) is 37.0 Å². The van der Waals surface area contributed by atoms with Gasteiger partial charge in [-0.2, -0.15) is 5.10 Å². The number of nitrogens with zero attached hydrogens (tertiary/aromatic N) is 2. The Morgan fingerprint density at radius 2 is 1.90 bits per heavy atom. The van der Waals surface area contributed by atoms with Crippen LogP contribution < -0.4 is 19.5 Å². The van der Waals surface area contributed by atoms with Gasteiger partial charge in [0.05, 0.1) is 14.2 Å². The number of aromatic nitrogens is 2. The third-order valence-corrected chi connectivity index (χ3v) is 2.82. The van der Waals surface area contributed by atoms with Crippen molar-refractivity contribution in [2.75, 3.05) is 21.3 Å². The number of nitrogens with one attached hydrogen (secondary N) is 1. The molecule has 2 rings (SSSR count). The maximum absolute atomic E-state index is 11.4. The van der Waals surface area contributed by atoms with Gasteiger partial charge in [-0.3, -0.25) is 4.79 Å². The Balaban J connectivity index is 2.13. The minimum atomic E-state index is -0.247. The zero-order valence-corrected chi connectivity index (χ0v) is 12.1. The van der Waals surface area contributed by atoms with Crippen LogP contribution in [0.25, 0.3) is 0 Å². The van der Waals surface area contributed by atoms with Crippen LogP contribution in [0.4, 0.5) is 0 Å². The molecule has 112 valence electrons. The molecule has 7 heteroatoms. The number of amides is 1. The van der Waals surface area contributed by atoms with Crippen molar-refractivity contribution < 1.29 is 19.0 Å². The summed E-state index contributed by atoms with van der Waals surface area (Å²) in [7, 11) is 4.66. The van der Waals surface area contributed by atoms with E-state index in [1.54, 1.807) is 45.7 Å². The van der Waals surface area contributed by atoms with Gasteiger partial charge in [-0.1, -0.05) is 6.07 Å². The number of benzene rings is 1. The van der Waals surface area contributed by atoms with Crippen LogP contribution in [0.1, 0.15) is 10.5 Å². The van der Waals surface area contributed by atoms with E-state index in [0.29, 0.717) is 22.9 Å². The average molecular weight is 291 g/mol. The van der Waals surface area contributed by atoms with Gasteiger partial charge in [0.15, 0.2) is 18.2 Å². The lowest BCUT2D eigenvalue weighted by molar-refractivity contribution is 0.0956. The van der Waals surface area contributed by atoms with Crippen LogP contribution in [0.2, 0.25) is 0 Å². The number of hydrogen-bond acceptors (Lipinski definition) is 5. The molecule has 1 N–H and O–H groups in total. The highest BCUT2D eigenvalue weighted by atomic mass is 16.5. The van der Waals surface area contributed by atoms with E-state index in [0.717, 1.165) is 0 Å². The zero-order chi connectivity index (χ0) is 15.2. The third-order valence-electron chi connectivity index (χ3n) is 2.82. The number of para-hydroxylation sites is 1. The monoisotopic (exact) mass is 291 g/mol. The first kappa shape index (κ1) is 14.7. The molecule has 0 fully saturated rings. The molecule has 0 unspecified atom stereocenters. The number of rotatable bonds is 6. The van der Waals surface area contributed by atoms with Crippen LogP contribution in [-0.2, 0) is 6.73 Å². The van der Waals surface area contributed by atoms with Crippen LogP contribution >= 0.6 is 0 Å². The highest BCUT2D eigenvalue weighted by molar-refractivity contribution is 5.91. The predicted molar refractivity (Wildman–Crippen MR) is 75.8 cm³/mol. The smallest absolute Gasteiger partial charge is 0.271 e. The van der Waals surface area contributed by atoms with E-state index >= 15 is 0 Å². The van der Waals surface area contributed by atoms with Crippen molar-refractivity contribution in [1.29, 1.82) is 0 Å². The Kier molecular flexibility index (Phi) is 4.65. The minimum absolute atomic E-state index is 0.133. The molecular formula is C14H17N3O4. The Bertz CT molecular complexity index is 602. The lowest BCUT2D eigenvalue weighted by Gasteiger charge is -2.13. The van der Waals surface area contributed by atoms with Crippen molar-refractivity contribution in [3.63, 3.8) is 0 Å². The van der Waals surface area contributed by atoms with E-state index in [2.05, 4.69) is 10.4 Å². The number of carbonyl (C=O) groups is 1. The molecule has 0 saturated carbocycles. The number of carbonyl (C=O) groups excluding carboxylic acids is 1. The molecular weight excluding hydrogens is 274 g/mol. The van der Waals surface area contributed by atoms with E-state index in [-0.39, 0.29) is 12.6 Å². The van der Waals surface area contributed by atoms with Crippen molar-refractivity contribution >= 4 is 5.91 Å². The van der Waals surface area contributed by atoms with Crippen molar-refractivity contribution in [3.8, 4) is 17.2 Å². The van der Waals surface area contributed by atoms with Crippen molar-refractivity contribution in [1.82, 2.24) is 15.1 Å². The first-order valence-electron chi connectivity index (χ1n) is 6.29. The highest BCUT2D eigenvalue weighted by Gasteiger charge is 2.12. The fourth-order valence-corrected chi connectivity index (χ4v) is 1.77. The molecule has 0 radical (unpaired) electrons. The summed E-state index contributed by atoms with van der Waals surface area (Å²) >= 11 is 0. The van der Waals surface area contributed by atoms with Gasteiger partial charge >= 0.3 is 0 Å². The van der Waals surface area contributed by atoms with Crippen LogP contribution in [0.15, 0.2) is 30.5 Å². The van der Waals surface area contributed by atoms with E-state index in [9.17, 15) is 4.79 Å². The quantitative estimate of drug-likeness (QED) is 0.868. The summed E-state index contributed by atoms with van der Waals surface area (Å²) in [6.45, 7) is 0.133. The maximum atomic E-state index is 11.4. The normalized spacial score (nSPS) is 10.0. The van der Waals surface area contributed by atoms with Gasteiger partial charge in [0.1, 0.15) is 5.69 Å². The molecule has 21 heavy (non-hydrogen) atoms. The Hall–Kier alpha value is -2.70. The standard InChI is InChI=1S/C14H17N3O4/c1-15-14(18)10-7-8-17(16-10)9-21-13-11(19-2)5-4-6-12(13)20-3/h4-8H,9H2,1-3H3,(H,15,18). The molecule has 0 spiro atoms. The number of hydrogen-bond donors (Lipinski definition) is 1. The van der Waals surface area contributed by atoms with Gasteiger partial charge in [-0.05, 0) is 18.2 Å². The molecule has 1 aromatic heterocycles. The second kappa shape index (κ2) is 6.65. The average Bonchev–Trinajstić information content (AvgIpc) is 3.00. The van der Waals surface area contributed by atoms with Crippen LogP contribution in [0, 0.1) is 0 Å². The molecule has 2 aromatic rings. The molecule has 0 bridgehead atoms. The Labute approximate surface area is 122 Å². The van der Waals surface area contributed by atoms with Gasteiger partial charge in [-0.15, -0.1) is 0 Å². The van der Waals surface area contributed by atoms with Crippen molar-refractivity contribution in [3.05, 3.63) is 36.2 Å².